The topological polar surface area (TPSA) is 46.9 Å². The van der Waals surface area contributed by atoms with E-state index >= 15 is 0 Å². The van der Waals surface area contributed by atoms with Crippen molar-refractivity contribution in [1.82, 2.24) is 9.55 Å². The monoisotopic (exact) mass is 249 g/mol. The molecule has 0 aliphatic carbocycles. The summed E-state index contributed by atoms with van der Waals surface area (Å²) < 4.78 is 1.95. The van der Waals surface area contributed by atoms with E-state index in [-0.39, 0.29) is 5.91 Å². The zero-order valence-electron chi connectivity index (χ0n) is 9.88. The van der Waals surface area contributed by atoms with Gasteiger partial charge in [0.2, 0.25) is 5.95 Å². The van der Waals surface area contributed by atoms with Gasteiger partial charge in [0.15, 0.2) is 0 Å². The highest BCUT2D eigenvalue weighted by Gasteiger charge is 2.10. The number of thiophene rings is 1. The predicted octanol–water partition coefficient (Wildman–Crippen LogP) is 2.85. The van der Waals surface area contributed by atoms with Crippen LogP contribution in [0.1, 0.15) is 24.2 Å². The van der Waals surface area contributed by atoms with Crippen LogP contribution in [0.4, 0.5) is 5.95 Å². The highest BCUT2D eigenvalue weighted by Crippen LogP contribution is 2.12. The number of carbonyl (C=O) groups is 1. The van der Waals surface area contributed by atoms with Crippen molar-refractivity contribution in [2.45, 2.75) is 20.4 Å². The van der Waals surface area contributed by atoms with Crippen LogP contribution in [0.15, 0.2) is 29.2 Å². The summed E-state index contributed by atoms with van der Waals surface area (Å²) in [7, 11) is 0. The van der Waals surface area contributed by atoms with E-state index in [9.17, 15) is 4.79 Å². The summed E-state index contributed by atoms with van der Waals surface area (Å²) >= 11 is 1.51. The minimum Gasteiger partial charge on any atom is -0.317 e. The van der Waals surface area contributed by atoms with E-state index in [4.69, 9.17) is 0 Å². The average Bonchev–Trinajstić information content (AvgIpc) is 2.89. The number of amides is 1. The molecule has 0 bridgehead atoms. The summed E-state index contributed by atoms with van der Waals surface area (Å²) in [5.74, 6) is 1.01. The lowest BCUT2D eigenvalue weighted by Crippen LogP contribution is -2.16. The third-order valence-corrected chi connectivity index (χ3v) is 2.97. The molecule has 90 valence electrons. The number of nitrogens with one attached hydrogen (secondary N) is 1. The predicted molar refractivity (Wildman–Crippen MR) is 69.3 cm³/mol. The standard InChI is InChI=1S/C12H15N3OS/c1-9(2)7-15-5-4-13-12(15)14-11(16)10-3-6-17-8-10/h3-6,8-9H,7H2,1-2H3,(H,13,14,16). The Balaban J connectivity index is 2.08. The molecule has 0 atom stereocenters. The molecule has 0 spiro atoms. The first kappa shape index (κ1) is 11.9. The van der Waals surface area contributed by atoms with Gasteiger partial charge in [-0.05, 0) is 17.4 Å². The molecule has 0 radical (unpaired) electrons. The molecule has 0 aliphatic rings. The molecule has 0 aliphatic heterocycles. The van der Waals surface area contributed by atoms with Gasteiger partial charge in [0.05, 0.1) is 5.56 Å². The molecule has 1 amide bonds. The minimum atomic E-state index is -0.109. The quantitative estimate of drug-likeness (QED) is 0.905. The van der Waals surface area contributed by atoms with Gasteiger partial charge >= 0.3 is 0 Å². The van der Waals surface area contributed by atoms with E-state index in [0.29, 0.717) is 17.4 Å². The van der Waals surface area contributed by atoms with Gasteiger partial charge < -0.3 is 4.57 Å². The van der Waals surface area contributed by atoms with Crippen LogP contribution < -0.4 is 5.32 Å². The fraction of sp³-hybridized carbons (Fsp3) is 0.333. The zero-order chi connectivity index (χ0) is 12.3. The van der Waals surface area contributed by atoms with Crippen molar-refractivity contribution in [1.29, 1.82) is 0 Å². The van der Waals surface area contributed by atoms with Crippen molar-refractivity contribution in [3.8, 4) is 0 Å². The Labute approximate surface area is 104 Å². The summed E-state index contributed by atoms with van der Waals surface area (Å²) in [5, 5.41) is 6.53. The number of hydrogen-bond acceptors (Lipinski definition) is 3. The summed E-state index contributed by atoms with van der Waals surface area (Å²) in [5.41, 5.74) is 0.675. The number of hydrogen-bond donors (Lipinski definition) is 1. The Hall–Kier alpha value is -1.62. The Morgan fingerprint density at radius 2 is 2.41 bits per heavy atom. The van der Waals surface area contributed by atoms with Gasteiger partial charge in [-0.1, -0.05) is 13.8 Å². The van der Waals surface area contributed by atoms with Crippen LogP contribution in [0, 0.1) is 5.92 Å². The van der Waals surface area contributed by atoms with Crippen molar-refractivity contribution >= 4 is 23.2 Å². The fourth-order valence-corrected chi connectivity index (χ4v) is 2.18. The van der Waals surface area contributed by atoms with E-state index < -0.39 is 0 Å². The van der Waals surface area contributed by atoms with Crippen LogP contribution in [-0.2, 0) is 6.54 Å². The molecule has 2 rings (SSSR count). The summed E-state index contributed by atoms with van der Waals surface area (Å²) in [6.45, 7) is 5.11. The van der Waals surface area contributed by atoms with Crippen LogP contribution in [0.2, 0.25) is 0 Å². The first-order valence-electron chi connectivity index (χ1n) is 5.51. The lowest BCUT2D eigenvalue weighted by Gasteiger charge is -2.10. The lowest BCUT2D eigenvalue weighted by atomic mass is 10.2. The number of rotatable bonds is 4. The van der Waals surface area contributed by atoms with E-state index in [1.807, 2.05) is 21.5 Å². The van der Waals surface area contributed by atoms with Crippen LogP contribution in [0.25, 0.3) is 0 Å². The summed E-state index contributed by atoms with van der Waals surface area (Å²) in [6, 6.07) is 1.80. The number of carbonyl (C=O) groups excluding carboxylic acids is 1. The molecule has 2 aromatic rings. The van der Waals surface area contributed by atoms with Gasteiger partial charge in [-0.3, -0.25) is 10.1 Å². The average molecular weight is 249 g/mol. The Bertz CT molecular complexity index is 488. The number of nitrogens with zero attached hydrogens (tertiary/aromatic N) is 2. The smallest absolute Gasteiger partial charge is 0.258 e. The van der Waals surface area contributed by atoms with E-state index in [2.05, 4.69) is 24.1 Å². The fourth-order valence-electron chi connectivity index (χ4n) is 1.54. The zero-order valence-corrected chi connectivity index (χ0v) is 10.7. The van der Waals surface area contributed by atoms with Crippen molar-refractivity contribution in [3.63, 3.8) is 0 Å². The summed E-state index contributed by atoms with van der Waals surface area (Å²) in [4.78, 5) is 16.0. The molecule has 0 saturated heterocycles. The van der Waals surface area contributed by atoms with Crippen molar-refractivity contribution < 1.29 is 4.79 Å². The number of aromatic nitrogens is 2. The van der Waals surface area contributed by atoms with Gasteiger partial charge in [-0.2, -0.15) is 11.3 Å². The van der Waals surface area contributed by atoms with Crippen LogP contribution in [0.3, 0.4) is 0 Å². The molecule has 0 aromatic carbocycles. The Morgan fingerprint density at radius 3 is 3.06 bits per heavy atom. The largest absolute Gasteiger partial charge is 0.317 e. The maximum Gasteiger partial charge on any atom is 0.258 e. The van der Waals surface area contributed by atoms with E-state index in [1.165, 1.54) is 11.3 Å². The summed E-state index contributed by atoms with van der Waals surface area (Å²) in [6.07, 6.45) is 3.58. The first-order chi connectivity index (χ1) is 8.16. The Morgan fingerprint density at radius 1 is 1.59 bits per heavy atom. The van der Waals surface area contributed by atoms with E-state index in [0.717, 1.165) is 6.54 Å². The lowest BCUT2D eigenvalue weighted by molar-refractivity contribution is 0.102. The van der Waals surface area contributed by atoms with Crippen LogP contribution in [-0.4, -0.2) is 15.5 Å². The third kappa shape index (κ3) is 2.94. The Kier molecular flexibility index (Phi) is 3.58. The van der Waals surface area contributed by atoms with Gasteiger partial charge in [-0.15, -0.1) is 0 Å². The normalized spacial score (nSPS) is 10.8. The molecule has 0 unspecified atom stereocenters. The molecular formula is C12H15N3OS. The van der Waals surface area contributed by atoms with Gasteiger partial charge in [0, 0.05) is 24.3 Å². The minimum absolute atomic E-state index is 0.109. The van der Waals surface area contributed by atoms with Crippen molar-refractivity contribution in [3.05, 3.63) is 34.8 Å². The second-order valence-electron chi connectivity index (χ2n) is 4.26. The second kappa shape index (κ2) is 5.14. The van der Waals surface area contributed by atoms with Crippen molar-refractivity contribution in [2.75, 3.05) is 5.32 Å². The highest BCUT2D eigenvalue weighted by atomic mass is 32.1. The highest BCUT2D eigenvalue weighted by molar-refractivity contribution is 7.08. The number of anilines is 1. The maximum atomic E-state index is 11.9. The molecular weight excluding hydrogens is 234 g/mol. The number of imidazole rings is 1. The molecule has 0 fully saturated rings. The molecule has 17 heavy (non-hydrogen) atoms. The van der Waals surface area contributed by atoms with Crippen LogP contribution >= 0.6 is 11.3 Å². The molecule has 2 heterocycles. The van der Waals surface area contributed by atoms with Gasteiger partial charge in [0.1, 0.15) is 0 Å². The second-order valence-corrected chi connectivity index (χ2v) is 5.04. The SMILES string of the molecule is CC(C)Cn1ccnc1NC(=O)c1ccsc1. The van der Waals surface area contributed by atoms with Gasteiger partial charge in [0.25, 0.3) is 5.91 Å². The molecule has 0 saturated carbocycles. The molecule has 1 N–H and O–H groups in total. The maximum absolute atomic E-state index is 11.9. The van der Waals surface area contributed by atoms with Crippen LogP contribution in [0.5, 0.6) is 0 Å². The molecule has 4 nitrogen and oxygen atoms in total. The third-order valence-electron chi connectivity index (χ3n) is 2.29. The molecule has 5 heteroatoms. The molecule has 2 aromatic heterocycles. The van der Waals surface area contributed by atoms with Gasteiger partial charge in [-0.25, -0.2) is 4.98 Å². The first-order valence-corrected chi connectivity index (χ1v) is 6.46. The van der Waals surface area contributed by atoms with E-state index in [1.54, 1.807) is 12.3 Å². The van der Waals surface area contributed by atoms with Crippen molar-refractivity contribution in [2.24, 2.45) is 5.92 Å².